The fourth-order valence-electron chi connectivity index (χ4n) is 2.99. The van der Waals surface area contributed by atoms with E-state index in [0.717, 1.165) is 35.3 Å². The standard InChI is InChI=1S/C20H22N2O3.ClH/c1-25-17-6-4-5-15(11-17)12-21-13-16-14-22(10-9-20(23)24)19-8-3-2-7-18(16)19;/h2-8,11,14,21H,9-10,12-13H2,1H3,(H,23,24);1H. The molecule has 6 heteroatoms. The normalized spacial score (nSPS) is 10.5. The summed E-state index contributed by atoms with van der Waals surface area (Å²) in [6.45, 7) is 1.94. The van der Waals surface area contributed by atoms with Crippen LogP contribution in [-0.2, 0) is 24.4 Å². The number of halogens is 1. The summed E-state index contributed by atoms with van der Waals surface area (Å²) in [5.74, 6) is 0.0695. The first-order chi connectivity index (χ1) is 12.2. The van der Waals surface area contributed by atoms with E-state index >= 15 is 0 Å². The molecule has 138 valence electrons. The lowest BCUT2D eigenvalue weighted by Crippen LogP contribution is -2.12. The summed E-state index contributed by atoms with van der Waals surface area (Å²) in [5, 5.41) is 13.5. The van der Waals surface area contributed by atoms with Gasteiger partial charge in [0, 0.05) is 36.7 Å². The monoisotopic (exact) mass is 374 g/mol. The fraction of sp³-hybridized carbons (Fsp3) is 0.250. The molecular formula is C20H23ClN2O3. The number of carboxylic acids is 1. The Morgan fingerprint density at radius 1 is 1.15 bits per heavy atom. The number of aliphatic carboxylic acids is 1. The molecule has 0 saturated heterocycles. The van der Waals surface area contributed by atoms with Crippen molar-refractivity contribution in [3.05, 3.63) is 65.9 Å². The van der Waals surface area contributed by atoms with Crippen LogP contribution in [0.3, 0.4) is 0 Å². The van der Waals surface area contributed by atoms with Crippen molar-refractivity contribution in [3.63, 3.8) is 0 Å². The van der Waals surface area contributed by atoms with Crippen LogP contribution in [0.25, 0.3) is 10.9 Å². The van der Waals surface area contributed by atoms with Gasteiger partial charge in [0.2, 0.25) is 0 Å². The molecule has 5 nitrogen and oxygen atoms in total. The maximum Gasteiger partial charge on any atom is 0.305 e. The number of ether oxygens (including phenoxy) is 1. The second kappa shape index (κ2) is 9.27. The average molecular weight is 375 g/mol. The molecule has 3 aromatic rings. The van der Waals surface area contributed by atoms with E-state index in [1.165, 1.54) is 5.56 Å². The highest BCUT2D eigenvalue weighted by atomic mass is 35.5. The van der Waals surface area contributed by atoms with Crippen molar-refractivity contribution >= 4 is 29.3 Å². The number of aromatic nitrogens is 1. The number of hydrogen-bond acceptors (Lipinski definition) is 3. The third-order valence-corrected chi connectivity index (χ3v) is 4.22. The van der Waals surface area contributed by atoms with Crippen molar-refractivity contribution in [1.82, 2.24) is 9.88 Å². The molecular weight excluding hydrogens is 352 g/mol. The summed E-state index contributed by atoms with van der Waals surface area (Å²) >= 11 is 0. The summed E-state index contributed by atoms with van der Waals surface area (Å²) in [6, 6.07) is 16.1. The van der Waals surface area contributed by atoms with Crippen molar-refractivity contribution in [3.8, 4) is 5.75 Å². The highest BCUT2D eigenvalue weighted by Crippen LogP contribution is 2.22. The van der Waals surface area contributed by atoms with Gasteiger partial charge in [0.15, 0.2) is 0 Å². The number of hydrogen-bond donors (Lipinski definition) is 2. The summed E-state index contributed by atoms with van der Waals surface area (Å²) in [6.07, 6.45) is 2.17. The molecule has 0 aliphatic heterocycles. The maximum absolute atomic E-state index is 10.9. The highest BCUT2D eigenvalue weighted by molar-refractivity contribution is 5.85. The molecule has 0 spiro atoms. The van der Waals surface area contributed by atoms with E-state index in [2.05, 4.69) is 17.4 Å². The van der Waals surface area contributed by atoms with E-state index in [-0.39, 0.29) is 18.8 Å². The minimum absolute atomic E-state index is 0. The van der Waals surface area contributed by atoms with Gasteiger partial charge in [-0.2, -0.15) is 0 Å². The van der Waals surface area contributed by atoms with Gasteiger partial charge >= 0.3 is 5.97 Å². The largest absolute Gasteiger partial charge is 0.497 e. The van der Waals surface area contributed by atoms with Crippen molar-refractivity contribution < 1.29 is 14.6 Å². The minimum atomic E-state index is -0.782. The molecule has 26 heavy (non-hydrogen) atoms. The van der Waals surface area contributed by atoms with Gasteiger partial charge in [-0.05, 0) is 29.3 Å². The van der Waals surface area contributed by atoms with Crippen molar-refractivity contribution in [2.45, 2.75) is 26.1 Å². The lowest BCUT2D eigenvalue weighted by Gasteiger charge is -2.06. The Balaban J connectivity index is 0.00000243. The Bertz CT molecular complexity index is 876. The predicted octanol–water partition coefficient (Wildman–Crippen LogP) is 3.84. The van der Waals surface area contributed by atoms with E-state index in [4.69, 9.17) is 9.84 Å². The summed E-state index contributed by atoms with van der Waals surface area (Å²) in [5.41, 5.74) is 3.40. The van der Waals surface area contributed by atoms with Gasteiger partial charge in [-0.3, -0.25) is 4.79 Å². The number of nitrogens with one attached hydrogen (secondary N) is 1. The lowest BCUT2D eigenvalue weighted by atomic mass is 10.1. The summed E-state index contributed by atoms with van der Waals surface area (Å²) < 4.78 is 7.27. The molecule has 1 aromatic heterocycles. The fourth-order valence-corrected chi connectivity index (χ4v) is 2.99. The van der Waals surface area contributed by atoms with Crippen LogP contribution in [0.2, 0.25) is 0 Å². The van der Waals surface area contributed by atoms with Crippen LogP contribution in [0, 0.1) is 0 Å². The number of aryl methyl sites for hydroxylation is 1. The predicted molar refractivity (Wildman–Crippen MR) is 105 cm³/mol. The van der Waals surface area contributed by atoms with Gasteiger partial charge < -0.3 is 19.7 Å². The van der Waals surface area contributed by atoms with Crippen molar-refractivity contribution in [1.29, 1.82) is 0 Å². The Labute approximate surface area is 159 Å². The van der Waals surface area contributed by atoms with Crippen LogP contribution >= 0.6 is 12.4 Å². The zero-order valence-corrected chi connectivity index (χ0v) is 15.5. The lowest BCUT2D eigenvalue weighted by molar-refractivity contribution is -0.137. The molecule has 2 N–H and O–H groups in total. The van der Waals surface area contributed by atoms with Gasteiger partial charge in [-0.25, -0.2) is 0 Å². The van der Waals surface area contributed by atoms with E-state index in [1.807, 2.05) is 47.2 Å². The number of nitrogens with zero attached hydrogens (tertiary/aromatic N) is 1. The van der Waals surface area contributed by atoms with Gasteiger partial charge in [0.05, 0.1) is 13.5 Å². The van der Waals surface area contributed by atoms with E-state index in [9.17, 15) is 4.79 Å². The summed E-state index contributed by atoms with van der Waals surface area (Å²) in [7, 11) is 1.67. The molecule has 2 aromatic carbocycles. The van der Waals surface area contributed by atoms with Crippen LogP contribution in [0.5, 0.6) is 5.75 Å². The molecule has 0 aliphatic rings. The smallest absolute Gasteiger partial charge is 0.305 e. The van der Waals surface area contributed by atoms with Crippen LogP contribution in [0.4, 0.5) is 0 Å². The first-order valence-corrected chi connectivity index (χ1v) is 8.29. The number of carboxylic acid groups (broad SMARTS) is 1. The Morgan fingerprint density at radius 3 is 2.73 bits per heavy atom. The molecule has 0 atom stereocenters. The molecule has 0 saturated carbocycles. The van der Waals surface area contributed by atoms with Gasteiger partial charge in [-0.1, -0.05) is 30.3 Å². The number of benzene rings is 2. The molecule has 1 heterocycles. The molecule has 0 bridgehead atoms. The van der Waals surface area contributed by atoms with E-state index < -0.39 is 5.97 Å². The zero-order chi connectivity index (χ0) is 17.6. The minimum Gasteiger partial charge on any atom is -0.497 e. The number of para-hydroxylation sites is 1. The molecule has 0 amide bonds. The molecule has 0 unspecified atom stereocenters. The zero-order valence-electron chi connectivity index (χ0n) is 14.6. The SMILES string of the molecule is COc1cccc(CNCc2cn(CCC(=O)O)c3ccccc23)c1.Cl. The summed E-state index contributed by atoms with van der Waals surface area (Å²) in [4.78, 5) is 10.9. The van der Waals surface area contributed by atoms with Crippen LogP contribution in [0.15, 0.2) is 54.7 Å². The second-order valence-electron chi connectivity index (χ2n) is 5.96. The Morgan fingerprint density at radius 2 is 1.96 bits per heavy atom. The average Bonchev–Trinajstić information content (AvgIpc) is 2.98. The third-order valence-electron chi connectivity index (χ3n) is 4.22. The molecule has 3 rings (SSSR count). The molecule has 0 radical (unpaired) electrons. The van der Waals surface area contributed by atoms with Crippen molar-refractivity contribution in [2.75, 3.05) is 7.11 Å². The number of carbonyl (C=O) groups is 1. The Kier molecular flexibility index (Phi) is 7.06. The number of rotatable bonds is 8. The topological polar surface area (TPSA) is 63.5 Å². The van der Waals surface area contributed by atoms with Gasteiger partial charge in [0.1, 0.15) is 5.75 Å². The van der Waals surface area contributed by atoms with E-state index in [1.54, 1.807) is 7.11 Å². The first-order valence-electron chi connectivity index (χ1n) is 8.29. The second-order valence-corrected chi connectivity index (χ2v) is 5.96. The Hall–Kier alpha value is -2.50. The maximum atomic E-state index is 10.9. The first kappa shape index (κ1) is 19.8. The quantitative estimate of drug-likeness (QED) is 0.629. The molecule has 0 aliphatic carbocycles. The molecule has 0 fully saturated rings. The highest BCUT2D eigenvalue weighted by Gasteiger charge is 2.09. The number of fused-ring (bicyclic) bond motifs is 1. The van der Waals surface area contributed by atoms with Crippen LogP contribution in [0.1, 0.15) is 17.5 Å². The number of methoxy groups -OCH3 is 1. The van der Waals surface area contributed by atoms with Crippen LogP contribution in [-0.4, -0.2) is 22.8 Å². The van der Waals surface area contributed by atoms with Crippen molar-refractivity contribution in [2.24, 2.45) is 0 Å². The van der Waals surface area contributed by atoms with E-state index in [0.29, 0.717) is 6.54 Å². The van der Waals surface area contributed by atoms with Crippen LogP contribution < -0.4 is 10.1 Å². The van der Waals surface area contributed by atoms with Gasteiger partial charge in [-0.15, -0.1) is 12.4 Å². The van der Waals surface area contributed by atoms with Gasteiger partial charge in [0.25, 0.3) is 0 Å². The third kappa shape index (κ3) is 4.77.